The average molecular weight is 365 g/mol. The summed E-state index contributed by atoms with van der Waals surface area (Å²) in [4.78, 5) is 41.4. The van der Waals surface area contributed by atoms with Gasteiger partial charge in [0, 0.05) is 6.21 Å². The maximum atomic E-state index is 12.1. The number of hydrogen-bond donors (Lipinski definition) is 3. The smallest absolute Gasteiger partial charge is 0.335 e. The van der Waals surface area contributed by atoms with E-state index >= 15 is 0 Å². The van der Waals surface area contributed by atoms with Gasteiger partial charge in [0.25, 0.3) is 5.56 Å². The number of aromatic nitrogens is 2. The van der Waals surface area contributed by atoms with E-state index in [0.717, 1.165) is 16.3 Å². The molecular weight excluding hydrogens is 350 g/mol. The van der Waals surface area contributed by atoms with Gasteiger partial charge in [-0.15, -0.1) is 0 Å². The molecule has 0 aliphatic carbocycles. The van der Waals surface area contributed by atoms with Crippen LogP contribution in [0.3, 0.4) is 0 Å². The van der Waals surface area contributed by atoms with E-state index in [1.807, 2.05) is 6.92 Å². The lowest BCUT2D eigenvalue weighted by atomic mass is 10.2. The lowest BCUT2D eigenvalue weighted by Crippen LogP contribution is -2.31. The number of hydrogen-bond acceptors (Lipinski definition) is 5. The molecule has 1 aromatic heterocycles. The van der Waals surface area contributed by atoms with Crippen LogP contribution in [0.4, 0.5) is 5.69 Å². The highest BCUT2D eigenvalue weighted by Gasteiger charge is 2.14. The first-order chi connectivity index (χ1) is 12.9. The molecule has 0 amide bonds. The van der Waals surface area contributed by atoms with Gasteiger partial charge < -0.3 is 10.2 Å². The van der Waals surface area contributed by atoms with Crippen molar-refractivity contribution >= 4 is 17.9 Å². The molecule has 0 saturated heterocycles. The van der Waals surface area contributed by atoms with Crippen molar-refractivity contribution in [2.24, 2.45) is 4.99 Å². The topological polar surface area (TPSA) is 125 Å². The van der Waals surface area contributed by atoms with Gasteiger partial charge in [0.05, 0.1) is 16.9 Å². The monoisotopic (exact) mass is 365 g/mol. The Balaban J connectivity index is 2.09. The van der Waals surface area contributed by atoms with Gasteiger partial charge >= 0.3 is 11.7 Å². The van der Waals surface area contributed by atoms with Crippen molar-refractivity contribution < 1.29 is 15.0 Å². The molecule has 0 fully saturated rings. The van der Waals surface area contributed by atoms with Crippen LogP contribution in [0.5, 0.6) is 5.88 Å². The van der Waals surface area contributed by atoms with Crippen molar-refractivity contribution in [3.8, 4) is 11.6 Å². The number of rotatable bonds is 4. The lowest BCUT2D eigenvalue weighted by molar-refractivity contribution is 0.0697. The fourth-order valence-electron chi connectivity index (χ4n) is 2.45. The number of aromatic amines is 1. The number of aliphatic imine (C=N–C) groups is 1. The minimum absolute atomic E-state index is 0.0346. The largest absolute Gasteiger partial charge is 0.493 e. The molecule has 27 heavy (non-hydrogen) atoms. The highest BCUT2D eigenvalue weighted by Crippen LogP contribution is 2.18. The highest BCUT2D eigenvalue weighted by molar-refractivity contribution is 5.89. The van der Waals surface area contributed by atoms with E-state index in [4.69, 9.17) is 5.11 Å². The Hall–Kier alpha value is -3.94. The average Bonchev–Trinajstić information content (AvgIpc) is 2.63. The Kier molecular flexibility index (Phi) is 4.71. The van der Waals surface area contributed by atoms with Gasteiger partial charge in [0.2, 0.25) is 5.88 Å². The number of aromatic hydroxyl groups is 1. The maximum absolute atomic E-state index is 12.1. The number of carboxylic acids is 1. The fourth-order valence-corrected chi connectivity index (χ4v) is 2.45. The summed E-state index contributed by atoms with van der Waals surface area (Å²) in [5.74, 6) is -1.67. The molecule has 136 valence electrons. The molecule has 0 aliphatic heterocycles. The van der Waals surface area contributed by atoms with Gasteiger partial charge in [-0.2, -0.15) is 0 Å². The van der Waals surface area contributed by atoms with Crippen LogP contribution in [0, 0.1) is 6.92 Å². The number of carboxylic acid groups (broad SMARTS) is 1. The second kappa shape index (κ2) is 7.12. The predicted octanol–water partition coefficient (Wildman–Crippen LogP) is 1.99. The van der Waals surface area contributed by atoms with Gasteiger partial charge in [0.1, 0.15) is 5.56 Å². The number of H-pyrrole nitrogens is 1. The number of nitrogens with zero attached hydrogens (tertiary/aromatic N) is 2. The van der Waals surface area contributed by atoms with Crippen LogP contribution in [0.15, 0.2) is 63.1 Å². The number of aryl methyl sites for hydroxylation is 1. The van der Waals surface area contributed by atoms with Crippen molar-refractivity contribution in [3.05, 3.63) is 86.1 Å². The van der Waals surface area contributed by atoms with Crippen LogP contribution < -0.4 is 11.2 Å². The normalized spacial score (nSPS) is 11.0. The molecular formula is C19H15N3O5. The second-order valence-corrected chi connectivity index (χ2v) is 5.78. The summed E-state index contributed by atoms with van der Waals surface area (Å²) in [6, 6.07) is 12.6. The molecule has 0 spiro atoms. The van der Waals surface area contributed by atoms with E-state index in [0.29, 0.717) is 5.69 Å². The lowest BCUT2D eigenvalue weighted by Gasteiger charge is -2.09. The minimum Gasteiger partial charge on any atom is -0.493 e. The van der Waals surface area contributed by atoms with Crippen LogP contribution in [-0.2, 0) is 0 Å². The summed E-state index contributed by atoms with van der Waals surface area (Å²) >= 11 is 0. The van der Waals surface area contributed by atoms with Crippen molar-refractivity contribution in [2.75, 3.05) is 0 Å². The first-order valence-corrected chi connectivity index (χ1v) is 7.89. The molecule has 0 saturated carbocycles. The summed E-state index contributed by atoms with van der Waals surface area (Å²) in [5.41, 5.74) is -0.159. The molecule has 8 heteroatoms. The third-order valence-corrected chi connectivity index (χ3v) is 3.85. The molecule has 2 aromatic carbocycles. The molecule has 3 N–H and O–H groups in total. The zero-order valence-electron chi connectivity index (χ0n) is 14.2. The van der Waals surface area contributed by atoms with Gasteiger partial charge in [-0.3, -0.25) is 14.8 Å². The predicted molar refractivity (Wildman–Crippen MR) is 99.7 cm³/mol. The quantitative estimate of drug-likeness (QED) is 0.610. The van der Waals surface area contributed by atoms with E-state index in [1.165, 1.54) is 18.2 Å². The second-order valence-electron chi connectivity index (χ2n) is 5.78. The Morgan fingerprint density at radius 1 is 1.15 bits per heavy atom. The number of aromatic carboxylic acids is 1. The van der Waals surface area contributed by atoms with E-state index in [9.17, 15) is 19.5 Å². The van der Waals surface area contributed by atoms with Crippen molar-refractivity contribution in [2.45, 2.75) is 6.92 Å². The van der Waals surface area contributed by atoms with Gasteiger partial charge in [0.15, 0.2) is 0 Å². The number of nitrogens with one attached hydrogen (secondary N) is 1. The van der Waals surface area contributed by atoms with Gasteiger partial charge in [-0.25, -0.2) is 14.2 Å². The van der Waals surface area contributed by atoms with Crippen molar-refractivity contribution in [1.82, 2.24) is 9.55 Å². The number of benzene rings is 2. The molecule has 0 radical (unpaired) electrons. The standard InChI is InChI=1S/C19H15N3O5/c1-11-5-7-14(8-6-11)22-17(24)15(16(23)21-19(22)27)10-20-13-4-2-3-12(9-13)18(25)26/h2-10,24H,1H3,(H,25,26)(H,21,23,27). The van der Waals surface area contributed by atoms with Gasteiger partial charge in [-0.05, 0) is 37.3 Å². The van der Waals surface area contributed by atoms with Crippen LogP contribution in [0.25, 0.3) is 5.69 Å². The molecule has 0 bridgehead atoms. The highest BCUT2D eigenvalue weighted by atomic mass is 16.4. The van der Waals surface area contributed by atoms with E-state index in [-0.39, 0.29) is 16.8 Å². The minimum atomic E-state index is -1.11. The summed E-state index contributed by atoms with van der Waals surface area (Å²) in [5, 5.41) is 19.5. The first-order valence-electron chi connectivity index (χ1n) is 7.89. The summed E-state index contributed by atoms with van der Waals surface area (Å²) < 4.78 is 0.954. The zero-order chi connectivity index (χ0) is 19.6. The SMILES string of the molecule is Cc1ccc(-n2c(O)c(C=Nc3cccc(C(=O)O)c3)c(=O)[nH]c2=O)cc1. The Bertz CT molecular complexity index is 1160. The molecule has 0 aliphatic rings. The Morgan fingerprint density at radius 3 is 2.52 bits per heavy atom. The van der Waals surface area contributed by atoms with Crippen molar-refractivity contribution in [1.29, 1.82) is 0 Å². The summed E-state index contributed by atoms with van der Waals surface area (Å²) in [6.07, 6.45) is 1.08. The van der Waals surface area contributed by atoms with Gasteiger partial charge in [-0.1, -0.05) is 23.8 Å². The van der Waals surface area contributed by atoms with Crippen LogP contribution in [0.1, 0.15) is 21.5 Å². The Labute approximate surface area is 152 Å². The Morgan fingerprint density at radius 2 is 1.85 bits per heavy atom. The van der Waals surface area contributed by atoms with Crippen LogP contribution >= 0.6 is 0 Å². The van der Waals surface area contributed by atoms with Crippen molar-refractivity contribution in [3.63, 3.8) is 0 Å². The summed E-state index contributed by atoms with van der Waals surface area (Å²) in [7, 11) is 0. The van der Waals surface area contributed by atoms with E-state index in [2.05, 4.69) is 9.98 Å². The third kappa shape index (κ3) is 3.69. The molecule has 0 atom stereocenters. The number of carbonyl (C=O) groups is 1. The zero-order valence-corrected chi connectivity index (χ0v) is 14.2. The first kappa shape index (κ1) is 17.9. The van der Waals surface area contributed by atoms with Crippen LogP contribution in [0.2, 0.25) is 0 Å². The summed E-state index contributed by atoms with van der Waals surface area (Å²) in [6.45, 7) is 1.88. The molecule has 1 heterocycles. The van der Waals surface area contributed by atoms with E-state index < -0.39 is 23.1 Å². The molecule has 3 rings (SSSR count). The van der Waals surface area contributed by atoms with E-state index in [1.54, 1.807) is 30.3 Å². The third-order valence-electron chi connectivity index (χ3n) is 3.85. The maximum Gasteiger partial charge on any atom is 0.335 e. The van der Waals surface area contributed by atoms with Crippen LogP contribution in [-0.4, -0.2) is 31.9 Å². The fraction of sp³-hybridized carbons (Fsp3) is 0.0526. The molecule has 0 unspecified atom stereocenters. The molecule has 3 aromatic rings. The molecule has 8 nitrogen and oxygen atoms in total.